The van der Waals surface area contributed by atoms with Crippen LogP contribution in [0.15, 0.2) is 72.8 Å². The standard InChI is InChI=1S/C20H15Cl2NO2/c21-15-10-11-18(22)17(12-15)20(24)23-13-14-6-4-5-9-19(14)25-16-7-2-1-3-8-16/h1-12H,13H2,(H,23,24). The summed E-state index contributed by atoms with van der Waals surface area (Å²) in [5.41, 5.74) is 1.20. The molecule has 0 aliphatic heterocycles. The van der Waals surface area contributed by atoms with E-state index in [2.05, 4.69) is 5.32 Å². The van der Waals surface area contributed by atoms with Crippen LogP contribution in [-0.4, -0.2) is 5.91 Å². The van der Waals surface area contributed by atoms with E-state index in [-0.39, 0.29) is 5.91 Å². The Hall–Kier alpha value is -2.49. The summed E-state index contributed by atoms with van der Waals surface area (Å²) in [6, 6.07) is 21.8. The fourth-order valence-corrected chi connectivity index (χ4v) is 2.68. The highest BCUT2D eigenvalue weighted by molar-refractivity contribution is 6.35. The van der Waals surface area contributed by atoms with Gasteiger partial charge >= 0.3 is 0 Å². The van der Waals surface area contributed by atoms with Gasteiger partial charge in [0.2, 0.25) is 0 Å². The van der Waals surface area contributed by atoms with Gasteiger partial charge in [-0.2, -0.15) is 0 Å². The lowest BCUT2D eigenvalue weighted by molar-refractivity contribution is 0.0951. The Labute approximate surface area is 156 Å². The van der Waals surface area contributed by atoms with Gasteiger partial charge in [0.15, 0.2) is 0 Å². The Bertz CT molecular complexity index is 882. The predicted octanol–water partition coefficient (Wildman–Crippen LogP) is 5.72. The van der Waals surface area contributed by atoms with E-state index >= 15 is 0 Å². The third-order valence-corrected chi connectivity index (χ3v) is 4.12. The van der Waals surface area contributed by atoms with Gasteiger partial charge in [-0.05, 0) is 36.4 Å². The van der Waals surface area contributed by atoms with Crippen molar-refractivity contribution in [3.05, 3.63) is 94.0 Å². The Morgan fingerprint density at radius 2 is 1.64 bits per heavy atom. The molecule has 25 heavy (non-hydrogen) atoms. The van der Waals surface area contributed by atoms with Crippen LogP contribution in [0.3, 0.4) is 0 Å². The number of para-hydroxylation sites is 2. The molecule has 3 aromatic carbocycles. The molecule has 0 spiro atoms. The van der Waals surface area contributed by atoms with Gasteiger partial charge in [0.05, 0.1) is 10.6 Å². The summed E-state index contributed by atoms with van der Waals surface area (Å²) in [4.78, 5) is 12.4. The Morgan fingerprint density at radius 1 is 0.920 bits per heavy atom. The minimum Gasteiger partial charge on any atom is -0.457 e. The normalized spacial score (nSPS) is 10.3. The SMILES string of the molecule is O=C(NCc1ccccc1Oc1ccccc1)c1cc(Cl)ccc1Cl. The molecule has 1 N–H and O–H groups in total. The number of hydrogen-bond acceptors (Lipinski definition) is 2. The number of amides is 1. The minimum absolute atomic E-state index is 0.290. The average Bonchev–Trinajstić information content (AvgIpc) is 2.63. The Kier molecular flexibility index (Phi) is 5.59. The molecule has 0 fully saturated rings. The highest BCUT2D eigenvalue weighted by atomic mass is 35.5. The lowest BCUT2D eigenvalue weighted by atomic mass is 10.1. The zero-order chi connectivity index (χ0) is 17.6. The van der Waals surface area contributed by atoms with Crippen molar-refractivity contribution in [2.24, 2.45) is 0 Å². The second-order valence-electron chi connectivity index (χ2n) is 5.33. The van der Waals surface area contributed by atoms with Gasteiger partial charge in [-0.1, -0.05) is 59.6 Å². The first kappa shape index (κ1) is 17.3. The van der Waals surface area contributed by atoms with Gasteiger partial charge in [-0.15, -0.1) is 0 Å². The summed E-state index contributed by atoms with van der Waals surface area (Å²) >= 11 is 12.0. The van der Waals surface area contributed by atoms with E-state index in [0.29, 0.717) is 27.9 Å². The third kappa shape index (κ3) is 4.53. The van der Waals surface area contributed by atoms with E-state index in [1.807, 2.05) is 54.6 Å². The topological polar surface area (TPSA) is 38.3 Å². The lowest BCUT2D eigenvalue weighted by Crippen LogP contribution is -2.23. The molecular weight excluding hydrogens is 357 g/mol. The number of rotatable bonds is 5. The van der Waals surface area contributed by atoms with Crippen molar-refractivity contribution in [3.8, 4) is 11.5 Å². The molecule has 0 saturated carbocycles. The molecule has 0 atom stereocenters. The number of ether oxygens (including phenoxy) is 1. The lowest BCUT2D eigenvalue weighted by Gasteiger charge is -2.12. The molecule has 0 saturated heterocycles. The van der Waals surface area contributed by atoms with Crippen LogP contribution in [-0.2, 0) is 6.54 Å². The first-order chi connectivity index (χ1) is 12.1. The number of benzene rings is 3. The minimum atomic E-state index is -0.290. The fraction of sp³-hybridized carbons (Fsp3) is 0.0500. The molecule has 0 heterocycles. The molecule has 3 nitrogen and oxygen atoms in total. The summed E-state index contributed by atoms with van der Waals surface area (Å²) in [6.45, 7) is 0.310. The van der Waals surface area contributed by atoms with Gasteiger partial charge in [0.1, 0.15) is 11.5 Å². The predicted molar refractivity (Wildman–Crippen MR) is 101 cm³/mol. The molecule has 0 aliphatic rings. The molecule has 0 unspecified atom stereocenters. The molecule has 5 heteroatoms. The number of carbonyl (C=O) groups is 1. The van der Waals surface area contributed by atoms with Crippen molar-refractivity contribution in [1.29, 1.82) is 0 Å². The highest BCUT2D eigenvalue weighted by Crippen LogP contribution is 2.25. The summed E-state index contributed by atoms with van der Waals surface area (Å²) in [5, 5.41) is 3.67. The van der Waals surface area contributed by atoms with Gasteiger partial charge in [0, 0.05) is 17.1 Å². The van der Waals surface area contributed by atoms with E-state index in [1.165, 1.54) is 0 Å². The molecule has 0 radical (unpaired) electrons. The van der Waals surface area contributed by atoms with E-state index < -0.39 is 0 Å². The molecule has 0 bridgehead atoms. The average molecular weight is 372 g/mol. The number of carbonyl (C=O) groups excluding carboxylic acids is 1. The van der Waals surface area contributed by atoms with Crippen LogP contribution in [0.5, 0.6) is 11.5 Å². The second-order valence-corrected chi connectivity index (χ2v) is 6.17. The van der Waals surface area contributed by atoms with Crippen molar-refractivity contribution >= 4 is 29.1 Å². The van der Waals surface area contributed by atoms with E-state index in [0.717, 1.165) is 11.3 Å². The fourth-order valence-electron chi connectivity index (χ4n) is 2.31. The van der Waals surface area contributed by atoms with Crippen LogP contribution in [0.1, 0.15) is 15.9 Å². The number of hydrogen-bond donors (Lipinski definition) is 1. The van der Waals surface area contributed by atoms with Crippen molar-refractivity contribution in [2.75, 3.05) is 0 Å². The maximum absolute atomic E-state index is 12.4. The third-order valence-electron chi connectivity index (χ3n) is 3.56. The molecular formula is C20H15Cl2NO2. The van der Waals surface area contributed by atoms with Gasteiger partial charge < -0.3 is 10.1 Å². The summed E-state index contributed by atoms with van der Waals surface area (Å²) < 4.78 is 5.89. The molecule has 0 aromatic heterocycles. The summed E-state index contributed by atoms with van der Waals surface area (Å²) in [5.74, 6) is 1.13. The largest absolute Gasteiger partial charge is 0.457 e. The van der Waals surface area contributed by atoms with E-state index in [4.69, 9.17) is 27.9 Å². The van der Waals surface area contributed by atoms with E-state index in [9.17, 15) is 4.79 Å². The molecule has 1 amide bonds. The number of halogens is 2. The Balaban J connectivity index is 1.73. The van der Waals surface area contributed by atoms with Crippen LogP contribution in [0.2, 0.25) is 10.0 Å². The van der Waals surface area contributed by atoms with Gasteiger partial charge in [-0.3, -0.25) is 4.79 Å². The van der Waals surface area contributed by atoms with Crippen molar-refractivity contribution < 1.29 is 9.53 Å². The van der Waals surface area contributed by atoms with Crippen LogP contribution >= 0.6 is 23.2 Å². The van der Waals surface area contributed by atoms with Crippen molar-refractivity contribution in [3.63, 3.8) is 0 Å². The second kappa shape index (κ2) is 8.06. The first-order valence-electron chi connectivity index (χ1n) is 7.67. The quantitative estimate of drug-likeness (QED) is 0.623. The van der Waals surface area contributed by atoms with Crippen molar-refractivity contribution in [1.82, 2.24) is 5.32 Å². The van der Waals surface area contributed by atoms with Crippen LogP contribution in [0, 0.1) is 0 Å². The maximum atomic E-state index is 12.4. The summed E-state index contributed by atoms with van der Waals surface area (Å²) in [6.07, 6.45) is 0. The monoisotopic (exact) mass is 371 g/mol. The molecule has 3 rings (SSSR count). The van der Waals surface area contributed by atoms with Crippen LogP contribution in [0.25, 0.3) is 0 Å². The van der Waals surface area contributed by atoms with Crippen LogP contribution in [0.4, 0.5) is 0 Å². The first-order valence-corrected chi connectivity index (χ1v) is 8.43. The van der Waals surface area contributed by atoms with E-state index in [1.54, 1.807) is 18.2 Å². The summed E-state index contributed by atoms with van der Waals surface area (Å²) in [7, 11) is 0. The maximum Gasteiger partial charge on any atom is 0.253 e. The molecule has 0 aliphatic carbocycles. The van der Waals surface area contributed by atoms with Gasteiger partial charge in [-0.25, -0.2) is 0 Å². The highest BCUT2D eigenvalue weighted by Gasteiger charge is 2.12. The van der Waals surface area contributed by atoms with Gasteiger partial charge in [0.25, 0.3) is 5.91 Å². The van der Waals surface area contributed by atoms with Crippen LogP contribution < -0.4 is 10.1 Å². The zero-order valence-electron chi connectivity index (χ0n) is 13.2. The molecule has 3 aromatic rings. The zero-order valence-corrected chi connectivity index (χ0v) is 14.7. The molecule has 126 valence electrons. The van der Waals surface area contributed by atoms with Crippen molar-refractivity contribution in [2.45, 2.75) is 6.54 Å². The number of nitrogens with one attached hydrogen (secondary N) is 1. The smallest absolute Gasteiger partial charge is 0.253 e. The Morgan fingerprint density at radius 3 is 2.44 bits per heavy atom.